The van der Waals surface area contributed by atoms with Crippen LogP contribution in [0.3, 0.4) is 0 Å². The van der Waals surface area contributed by atoms with Gasteiger partial charge in [0, 0.05) is 42.6 Å². The molecule has 1 fully saturated rings. The summed E-state index contributed by atoms with van der Waals surface area (Å²) in [4.78, 5) is 22.4. The smallest absolute Gasteiger partial charge is 0.221 e. The van der Waals surface area contributed by atoms with Crippen LogP contribution in [-0.2, 0) is 4.79 Å². The molecule has 4 aromatic rings. The standard InChI is InChI=1S/C25H22N6OS/c1-17(32)28-18-9-11-19(12-10-18)31-24(23(29-25(31)33)21-7-2-3-14-27-21)22-8-5-15-30(22)20-6-4-13-26-16-20/h2-16,23-24H,1H3,(H,28,32)(H,29,33). The van der Waals surface area contributed by atoms with Crippen molar-refractivity contribution >= 4 is 34.6 Å². The molecule has 8 heteroatoms. The Morgan fingerprint density at radius 2 is 1.85 bits per heavy atom. The first-order chi connectivity index (χ1) is 16.1. The predicted octanol–water partition coefficient (Wildman–Crippen LogP) is 4.40. The van der Waals surface area contributed by atoms with Crippen LogP contribution in [0.4, 0.5) is 11.4 Å². The number of carbonyl (C=O) groups excluding carboxylic acids is 1. The van der Waals surface area contributed by atoms with Gasteiger partial charge in [0.2, 0.25) is 5.91 Å². The molecular formula is C25H22N6OS. The molecule has 4 heterocycles. The topological polar surface area (TPSA) is 75.1 Å². The summed E-state index contributed by atoms with van der Waals surface area (Å²) in [6.45, 7) is 1.49. The van der Waals surface area contributed by atoms with Crippen molar-refractivity contribution in [2.24, 2.45) is 0 Å². The molecule has 0 bridgehead atoms. The molecule has 5 rings (SSSR count). The Labute approximate surface area is 197 Å². The zero-order valence-corrected chi connectivity index (χ0v) is 18.7. The third-order valence-electron chi connectivity index (χ3n) is 5.57. The number of amides is 1. The Kier molecular flexibility index (Phi) is 5.58. The summed E-state index contributed by atoms with van der Waals surface area (Å²) in [6.07, 6.45) is 7.43. The minimum absolute atomic E-state index is 0.108. The van der Waals surface area contributed by atoms with Crippen LogP contribution in [0.15, 0.2) is 91.5 Å². The maximum absolute atomic E-state index is 11.4. The van der Waals surface area contributed by atoms with Crippen molar-refractivity contribution in [2.45, 2.75) is 19.0 Å². The summed E-state index contributed by atoms with van der Waals surface area (Å²) in [6, 6.07) is 21.3. The summed E-state index contributed by atoms with van der Waals surface area (Å²) in [5.74, 6) is -0.108. The summed E-state index contributed by atoms with van der Waals surface area (Å²) < 4.78 is 2.13. The molecule has 0 saturated carbocycles. The molecule has 3 aromatic heterocycles. The fourth-order valence-corrected chi connectivity index (χ4v) is 4.55. The Morgan fingerprint density at radius 3 is 2.55 bits per heavy atom. The lowest BCUT2D eigenvalue weighted by atomic mass is 10.0. The first-order valence-electron chi connectivity index (χ1n) is 10.6. The van der Waals surface area contributed by atoms with E-state index in [-0.39, 0.29) is 18.0 Å². The lowest BCUT2D eigenvalue weighted by Gasteiger charge is -2.29. The van der Waals surface area contributed by atoms with E-state index in [0.717, 1.165) is 28.5 Å². The number of thiocarbonyl (C=S) groups is 1. The molecule has 1 aromatic carbocycles. The van der Waals surface area contributed by atoms with Crippen LogP contribution >= 0.6 is 12.2 Å². The number of anilines is 2. The quantitative estimate of drug-likeness (QED) is 0.436. The minimum Gasteiger partial charge on any atom is -0.351 e. The molecule has 0 radical (unpaired) electrons. The molecule has 7 nitrogen and oxygen atoms in total. The van der Waals surface area contributed by atoms with E-state index in [1.165, 1.54) is 6.92 Å². The highest BCUT2D eigenvalue weighted by Gasteiger charge is 2.42. The number of nitrogens with one attached hydrogen (secondary N) is 2. The van der Waals surface area contributed by atoms with Crippen molar-refractivity contribution in [1.29, 1.82) is 0 Å². The van der Waals surface area contributed by atoms with Crippen LogP contribution in [0, 0.1) is 0 Å². The van der Waals surface area contributed by atoms with Gasteiger partial charge >= 0.3 is 0 Å². The molecular weight excluding hydrogens is 432 g/mol. The average molecular weight is 455 g/mol. The SMILES string of the molecule is CC(=O)Nc1ccc(N2C(=S)NC(c3ccccn3)C2c2cccn2-c2cccnc2)cc1. The molecule has 2 unspecified atom stereocenters. The van der Waals surface area contributed by atoms with Crippen LogP contribution in [0.1, 0.15) is 30.4 Å². The fraction of sp³-hybridized carbons (Fsp3) is 0.120. The second-order valence-corrected chi connectivity index (χ2v) is 8.13. The van der Waals surface area contributed by atoms with E-state index in [4.69, 9.17) is 12.2 Å². The van der Waals surface area contributed by atoms with Crippen LogP contribution in [-0.4, -0.2) is 25.6 Å². The molecule has 0 aliphatic carbocycles. The predicted molar refractivity (Wildman–Crippen MR) is 132 cm³/mol. The highest BCUT2D eigenvalue weighted by Crippen LogP contribution is 2.42. The molecule has 0 spiro atoms. The number of rotatable bonds is 5. The molecule has 1 aliphatic heterocycles. The molecule has 33 heavy (non-hydrogen) atoms. The summed E-state index contributed by atoms with van der Waals surface area (Å²) in [7, 11) is 0. The Bertz CT molecular complexity index is 1270. The lowest BCUT2D eigenvalue weighted by molar-refractivity contribution is -0.114. The van der Waals surface area contributed by atoms with Gasteiger partial charge in [0.15, 0.2) is 5.11 Å². The Morgan fingerprint density at radius 1 is 1.00 bits per heavy atom. The molecule has 1 aliphatic rings. The van der Waals surface area contributed by atoms with E-state index in [1.54, 1.807) is 12.4 Å². The molecule has 2 atom stereocenters. The van der Waals surface area contributed by atoms with Crippen LogP contribution in [0.5, 0.6) is 0 Å². The molecule has 2 N–H and O–H groups in total. The van der Waals surface area contributed by atoms with Gasteiger partial charge < -0.3 is 20.1 Å². The maximum Gasteiger partial charge on any atom is 0.221 e. The third kappa shape index (κ3) is 4.08. The zero-order valence-electron chi connectivity index (χ0n) is 17.9. The van der Waals surface area contributed by atoms with Crippen LogP contribution in [0.2, 0.25) is 0 Å². The van der Waals surface area contributed by atoms with Gasteiger partial charge in [0.1, 0.15) is 6.04 Å². The lowest BCUT2D eigenvalue weighted by Crippen LogP contribution is -2.30. The van der Waals surface area contributed by atoms with Gasteiger partial charge in [0.05, 0.1) is 23.6 Å². The zero-order chi connectivity index (χ0) is 22.8. The average Bonchev–Trinajstić information content (AvgIpc) is 3.45. The van der Waals surface area contributed by atoms with Crippen molar-refractivity contribution in [1.82, 2.24) is 19.9 Å². The minimum atomic E-state index is -0.158. The van der Waals surface area contributed by atoms with E-state index >= 15 is 0 Å². The van der Waals surface area contributed by atoms with Crippen molar-refractivity contribution in [3.63, 3.8) is 0 Å². The monoisotopic (exact) mass is 454 g/mol. The van der Waals surface area contributed by atoms with Gasteiger partial charge in [-0.15, -0.1) is 0 Å². The van der Waals surface area contributed by atoms with Gasteiger partial charge in [-0.2, -0.15) is 0 Å². The van der Waals surface area contributed by atoms with Crippen LogP contribution < -0.4 is 15.5 Å². The Hall–Kier alpha value is -4.04. The van der Waals surface area contributed by atoms with E-state index < -0.39 is 0 Å². The second-order valence-electron chi connectivity index (χ2n) is 7.74. The van der Waals surface area contributed by atoms with Crippen molar-refractivity contribution < 1.29 is 4.79 Å². The van der Waals surface area contributed by atoms with Crippen molar-refractivity contribution in [3.8, 4) is 5.69 Å². The second kappa shape index (κ2) is 8.84. The molecule has 1 amide bonds. The van der Waals surface area contributed by atoms with Crippen LogP contribution in [0.25, 0.3) is 5.69 Å². The number of aromatic nitrogens is 3. The van der Waals surface area contributed by atoms with Gasteiger partial charge in [-0.25, -0.2) is 0 Å². The normalized spacial score (nSPS) is 17.6. The van der Waals surface area contributed by atoms with Gasteiger partial charge in [0.25, 0.3) is 0 Å². The Balaban J connectivity index is 1.61. The van der Waals surface area contributed by atoms with E-state index in [0.29, 0.717) is 5.11 Å². The summed E-state index contributed by atoms with van der Waals surface area (Å²) in [5, 5.41) is 6.90. The molecule has 1 saturated heterocycles. The first kappa shape index (κ1) is 20.8. The van der Waals surface area contributed by atoms with Gasteiger partial charge in [-0.3, -0.25) is 14.8 Å². The third-order valence-corrected chi connectivity index (χ3v) is 5.89. The largest absolute Gasteiger partial charge is 0.351 e. The van der Waals surface area contributed by atoms with E-state index in [1.807, 2.05) is 73.1 Å². The fourth-order valence-electron chi connectivity index (χ4n) is 4.21. The summed E-state index contributed by atoms with van der Waals surface area (Å²) in [5.41, 5.74) is 4.58. The summed E-state index contributed by atoms with van der Waals surface area (Å²) >= 11 is 5.81. The van der Waals surface area contributed by atoms with Gasteiger partial charge in [-0.05, 0) is 72.9 Å². The number of benzene rings is 1. The maximum atomic E-state index is 11.4. The van der Waals surface area contributed by atoms with E-state index in [2.05, 4.69) is 36.1 Å². The van der Waals surface area contributed by atoms with Gasteiger partial charge in [-0.1, -0.05) is 6.07 Å². The highest BCUT2D eigenvalue weighted by molar-refractivity contribution is 7.80. The number of hydrogen-bond donors (Lipinski definition) is 2. The number of carbonyl (C=O) groups is 1. The highest BCUT2D eigenvalue weighted by atomic mass is 32.1. The van der Waals surface area contributed by atoms with E-state index in [9.17, 15) is 4.79 Å². The molecule has 164 valence electrons. The number of hydrogen-bond acceptors (Lipinski definition) is 4. The number of pyridine rings is 2. The first-order valence-corrected chi connectivity index (χ1v) is 11.0. The van der Waals surface area contributed by atoms with Crippen molar-refractivity contribution in [2.75, 3.05) is 10.2 Å². The van der Waals surface area contributed by atoms with Crippen molar-refractivity contribution in [3.05, 3.63) is 103 Å². The number of nitrogens with zero attached hydrogens (tertiary/aromatic N) is 4.